The Hall–Kier alpha value is -3.75. The van der Waals surface area contributed by atoms with Crippen LogP contribution >= 0.6 is 0 Å². The molecule has 2 aliphatic carbocycles. The highest BCUT2D eigenvalue weighted by molar-refractivity contribution is 7.89. The van der Waals surface area contributed by atoms with Gasteiger partial charge in [-0.25, -0.2) is 22.7 Å². The number of primary sulfonamides is 1. The molecule has 3 aliphatic rings. The minimum absolute atomic E-state index is 0.101. The van der Waals surface area contributed by atoms with Crippen molar-refractivity contribution in [3.05, 3.63) is 65.5 Å². The lowest BCUT2D eigenvalue weighted by Crippen LogP contribution is -2.54. The molecule has 0 spiro atoms. The van der Waals surface area contributed by atoms with E-state index in [2.05, 4.69) is 5.32 Å². The zero-order valence-corrected chi connectivity index (χ0v) is 19.1. The molecule has 2 amide bonds. The second-order valence-corrected chi connectivity index (χ2v) is 10.6. The number of benzene rings is 2. The number of nitriles is 1. The third-order valence-electron chi connectivity index (χ3n) is 6.97. The number of halogens is 1. The lowest BCUT2D eigenvalue weighted by molar-refractivity contribution is -0.127. The van der Waals surface area contributed by atoms with Crippen LogP contribution in [-0.4, -0.2) is 48.6 Å². The number of nitrogens with one attached hydrogen (secondary N) is 1. The van der Waals surface area contributed by atoms with Gasteiger partial charge in [-0.05, 0) is 46.9 Å². The molecule has 1 saturated carbocycles. The summed E-state index contributed by atoms with van der Waals surface area (Å²) in [5.41, 5.74) is 2.11. The normalized spacial score (nSPS) is 24.8. The van der Waals surface area contributed by atoms with Crippen LogP contribution in [0.1, 0.15) is 12.0 Å². The Balaban J connectivity index is 1.30. The second kappa shape index (κ2) is 8.18. The fourth-order valence-electron chi connectivity index (χ4n) is 5.33. The van der Waals surface area contributed by atoms with Gasteiger partial charge in [0.05, 0.1) is 17.0 Å². The Morgan fingerprint density at radius 1 is 1.26 bits per heavy atom. The monoisotopic (exact) mass is 496 g/mol. The Bertz CT molecular complexity index is 1430. The van der Waals surface area contributed by atoms with Crippen molar-refractivity contribution in [2.24, 2.45) is 17.0 Å². The number of rotatable bonds is 6. The average Bonchev–Trinajstić information content (AvgIpc) is 3.42. The lowest BCUT2D eigenvalue weighted by Gasteiger charge is -2.32. The fourth-order valence-corrected chi connectivity index (χ4v) is 5.89. The zero-order chi connectivity index (χ0) is 25.1. The summed E-state index contributed by atoms with van der Waals surface area (Å²) in [7, 11) is -3.92. The number of carbonyl (C=O) groups excluding carboxylic acids is 1. The number of nitrogens with zero attached hydrogens (tertiary/aromatic N) is 2. The first kappa shape index (κ1) is 23.0. The number of nitrogens with two attached hydrogens (primary N) is 1. The van der Waals surface area contributed by atoms with Gasteiger partial charge in [-0.3, -0.25) is 9.69 Å². The van der Waals surface area contributed by atoms with Crippen molar-refractivity contribution in [2.75, 3.05) is 0 Å². The smallest absolute Gasteiger partial charge is 0.408 e. The van der Waals surface area contributed by atoms with Gasteiger partial charge in [0.1, 0.15) is 17.9 Å². The van der Waals surface area contributed by atoms with Gasteiger partial charge in [0.25, 0.3) is 0 Å². The van der Waals surface area contributed by atoms with E-state index in [9.17, 15) is 32.8 Å². The summed E-state index contributed by atoms with van der Waals surface area (Å²) in [6.45, 7) is 0. The van der Waals surface area contributed by atoms with Gasteiger partial charge < -0.3 is 10.4 Å². The van der Waals surface area contributed by atoms with E-state index >= 15 is 0 Å². The second-order valence-electron chi connectivity index (χ2n) is 9.02. The van der Waals surface area contributed by atoms with Gasteiger partial charge in [0.2, 0.25) is 15.9 Å². The molecule has 1 saturated heterocycles. The molecule has 4 N–H and O–H groups in total. The van der Waals surface area contributed by atoms with Gasteiger partial charge >= 0.3 is 6.09 Å². The van der Waals surface area contributed by atoms with Crippen molar-refractivity contribution >= 4 is 22.0 Å². The van der Waals surface area contributed by atoms with Gasteiger partial charge in [0.15, 0.2) is 0 Å². The van der Waals surface area contributed by atoms with Crippen LogP contribution in [0.2, 0.25) is 0 Å². The third kappa shape index (κ3) is 4.05. The molecule has 2 bridgehead atoms. The van der Waals surface area contributed by atoms with Gasteiger partial charge in [-0.1, -0.05) is 30.3 Å². The summed E-state index contributed by atoms with van der Waals surface area (Å²) in [5.74, 6) is -1.15. The molecule has 35 heavy (non-hydrogen) atoms. The Morgan fingerprint density at radius 3 is 2.66 bits per heavy atom. The maximum absolute atomic E-state index is 14.9. The molecular weight excluding hydrogens is 475 g/mol. The SMILES string of the molecule is N#C[C@H](Cc1ccc(-c2cccc(S(N)(=O)=O)c2)cc1F)NC(=O)[C@@H]1[C@@H]2C[C@@H](C3=C[C@H]32)N1C(=O)O. The van der Waals surface area contributed by atoms with E-state index in [0.29, 0.717) is 17.5 Å². The Morgan fingerprint density at radius 2 is 2.00 bits per heavy atom. The molecule has 5 atom stereocenters. The molecule has 0 aromatic heterocycles. The first-order valence-corrected chi connectivity index (χ1v) is 12.5. The van der Waals surface area contributed by atoms with Crippen LogP contribution in [-0.2, 0) is 21.2 Å². The Labute approximate surface area is 200 Å². The number of hydrogen-bond donors (Lipinski definition) is 3. The van der Waals surface area contributed by atoms with Crippen molar-refractivity contribution in [1.82, 2.24) is 10.2 Å². The third-order valence-corrected chi connectivity index (χ3v) is 7.88. The summed E-state index contributed by atoms with van der Waals surface area (Å²) >= 11 is 0. The maximum atomic E-state index is 14.9. The largest absolute Gasteiger partial charge is 0.465 e. The number of carboxylic acid groups (broad SMARTS) is 1. The van der Waals surface area contributed by atoms with E-state index in [1.54, 1.807) is 12.1 Å². The summed E-state index contributed by atoms with van der Waals surface area (Å²) in [6, 6.07) is 9.80. The molecule has 0 radical (unpaired) electrons. The summed E-state index contributed by atoms with van der Waals surface area (Å²) in [6.07, 6.45) is 1.29. The predicted molar refractivity (Wildman–Crippen MR) is 122 cm³/mol. The van der Waals surface area contributed by atoms with E-state index in [1.807, 2.05) is 12.1 Å². The number of fused-ring (bicyclic) bond motifs is 5. The highest BCUT2D eigenvalue weighted by Gasteiger charge is 2.62. The lowest BCUT2D eigenvalue weighted by atomic mass is 9.94. The molecule has 9 nitrogen and oxygen atoms in total. The average molecular weight is 497 g/mol. The summed E-state index contributed by atoms with van der Waals surface area (Å²) < 4.78 is 38.1. The molecule has 180 valence electrons. The number of likely N-dealkylation sites (tertiary alicyclic amines) is 1. The molecule has 0 unspecified atom stereocenters. The first-order valence-electron chi connectivity index (χ1n) is 10.9. The predicted octanol–water partition coefficient (Wildman–Crippen LogP) is 2.00. The van der Waals surface area contributed by atoms with E-state index in [0.717, 1.165) is 10.5 Å². The van der Waals surface area contributed by atoms with Gasteiger partial charge in [0, 0.05) is 18.3 Å². The maximum Gasteiger partial charge on any atom is 0.408 e. The molecule has 11 heteroatoms. The molecule has 2 aromatic carbocycles. The number of carbonyl (C=O) groups is 2. The van der Waals surface area contributed by atoms with Crippen molar-refractivity contribution in [2.45, 2.75) is 35.9 Å². The fraction of sp³-hybridized carbons (Fsp3) is 0.292. The van der Waals surface area contributed by atoms with Crippen LogP contribution in [0.25, 0.3) is 11.1 Å². The standard InChI is InChI=1S/C24H21FN4O5S/c25-20-8-13(12-2-1-3-16(7-12)35(27,33)34)4-5-14(20)6-15(11-26)28-23(30)22-19-10-21(18-9-17(18)19)29(22)24(31)32/h1-5,7-9,15,17,19,21-22H,6,10H2,(H,28,30)(H,31,32)(H2,27,33,34)/t15-,17+,19+,21-,22-/m0/s1. The van der Waals surface area contributed by atoms with E-state index in [1.165, 1.54) is 30.3 Å². The van der Waals surface area contributed by atoms with E-state index in [-0.39, 0.29) is 34.8 Å². The zero-order valence-electron chi connectivity index (χ0n) is 18.3. The van der Waals surface area contributed by atoms with Crippen LogP contribution in [0.3, 0.4) is 0 Å². The van der Waals surface area contributed by atoms with E-state index in [4.69, 9.17) is 5.14 Å². The number of amides is 2. The highest BCUT2D eigenvalue weighted by atomic mass is 32.2. The number of sulfonamides is 1. The van der Waals surface area contributed by atoms with Crippen molar-refractivity contribution < 1.29 is 27.5 Å². The molecule has 2 fully saturated rings. The molecule has 2 aromatic rings. The quantitative estimate of drug-likeness (QED) is 0.520. The summed E-state index contributed by atoms with van der Waals surface area (Å²) in [4.78, 5) is 25.8. The minimum Gasteiger partial charge on any atom is -0.465 e. The summed E-state index contributed by atoms with van der Waals surface area (Å²) in [5, 5.41) is 26.9. The number of allylic oxidation sites excluding steroid dienone is 1. The highest BCUT2D eigenvalue weighted by Crippen LogP contribution is 2.58. The van der Waals surface area contributed by atoms with Crippen molar-refractivity contribution in [1.29, 1.82) is 5.26 Å². The number of hydrogen-bond acceptors (Lipinski definition) is 5. The van der Waals surface area contributed by atoms with Crippen molar-refractivity contribution in [3.8, 4) is 17.2 Å². The van der Waals surface area contributed by atoms with Crippen molar-refractivity contribution in [3.63, 3.8) is 0 Å². The van der Waals surface area contributed by atoms with Gasteiger partial charge in [-0.15, -0.1) is 0 Å². The molecule has 1 aliphatic heterocycles. The minimum atomic E-state index is -3.92. The molecule has 5 rings (SSSR count). The first-order chi connectivity index (χ1) is 16.6. The molecular formula is C24H21FN4O5S. The molecule has 1 heterocycles. The van der Waals surface area contributed by atoms with Crippen LogP contribution in [0, 0.1) is 29.0 Å². The van der Waals surface area contributed by atoms with Crippen LogP contribution in [0.5, 0.6) is 0 Å². The topological polar surface area (TPSA) is 154 Å². The Kier molecular flexibility index (Phi) is 5.38. The van der Waals surface area contributed by atoms with Gasteiger partial charge in [-0.2, -0.15) is 5.26 Å². The number of piperidine rings is 1. The van der Waals surface area contributed by atoms with Crippen LogP contribution in [0.15, 0.2) is 59.0 Å². The van der Waals surface area contributed by atoms with Crippen LogP contribution in [0.4, 0.5) is 9.18 Å². The van der Waals surface area contributed by atoms with E-state index < -0.39 is 39.9 Å². The van der Waals surface area contributed by atoms with Crippen LogP contribution < -0.4 is 10.5 Å².